The lowest BCUT2D eigenvalue weighted by atomic mass is 9.86. The molecule has 1 aliphatic carbocycles. The number of rotatable bonds is 1. The molecule has 3 aliphatic rings. The molecule has 80 valence electrons. The van der Waals surface area contributed by atoms with Crippen molar-refractivity contribution in [3.05, 3.63) is 0 Å². The molecule has 14 heavy (non-hydrogen) atoms. The summed E-state index contributed by atoms with van der Waals surface area (Å²) in [7, 11) is 2.28. The third kappa shape index (κ3) is 0.892. The second-order valence-electron chi connectivity index (χ2n) is 6.13. The smallest absolute Gasteiger partial charge is 0.0206 e. The Bertz CT molecular complexity index is 263. The van der Waals surface area contributed by atoms with Gasteiger partial charge in [0.05, 0.1) is 0 Å². The van der Waals surface area contributed by atoms with Crippen LogP contribution >= 0.6 is 0 Å². The molecule has 4 atom stereocenters. The summed E-state index contributed by atoms with van der Waals surface area (Å²) in [4.78, 5) is 5.29. The second kappa shape index (κ2) is 2.53. The summed E-state index contributed by atoms with van der Waals surface area (Å²) in [6, 6.07) is 1.66. The molecule has 0 bridgehead atoms. The van der Waals surface area contributed by atoms with Crippen LogP contribution in [-0.2, 0) is 0 Å². The molecule has 2 saturated heterocycles. The largest absolute Gasteiger partial charge is 0.306 e. The van der Waals surface area contributed by atoms with Crippen LogP contribution in [0.4, 0.5) is 0 Å². The molecule has 0 amide bonds. The third-order valence-electron chi connectivity index (χ3n) is 5.08. The Labute approximate surface area is 87.3 Å². The fourth-order valence-electron chi connectivity index (χ4n) is 4.17. The SMILES string of the molecule is CC(C)N1CC2CN(C)CC3C1C23C. The van der Waals surface area contributed by atoms with Crippen LogP contribution in [0.25, 0.3) is 0 Å². The molecule has 0 aromatic carbocycles. The zero-order valence-corrected chi connectivity index (χ0v) is 9.83. The van der Waals surface area contributed by atoms with E-state index in [4.69, 9.17) is 0 Å². The van der Waals surface area contributed by atoms with Crippen LogP contribution in [0, 0.1) is 17.3 Å². The fraction of sp³-hybridized carbons (Fsp3) is 1.00. The summed E-state index contributed by atoms with van der Waals surface area (Å²) in [5.41, 5.74) is 0.691. The lowest BCUT2D eigenvalue weighted by molar-refractivity contribution is 0.113. The van der Waals surface area contributed by atoms with Gasteiger partial charge in [0.25, 0.3) is 0 Å². The van der Waals surface area contributed by atoms with Crippen LogP contribution in [0.2, 0.25) is 0 Å². The molecule has 3 rings (SSSR count). The van der Waals surface area contributed by atoms with Gasteiger partial charge in [-0.3, -0.25) is 4.90 Å². The van der Waals surface area contributed by atoms with E-state index in [1.165, 1.54) is 19.6 Å². The zero-order valence-electron chi connectivity index (χ0n) is 9.83. The van der Waals surface area contributed by atoms with Crippen LogP contribution in [-0.4, -0.2) is 48.6 Å². The lowest BCUT2D eigenvalue weighted by Gasteiger charge is -2.36. The minimum Gasteiger partial charge on any atom is -0.306 e. The van der Waals surface area contributed by atoms with Crippen LogP contribution < -0.4 is 0 Å². The minimum atomic E-state index is 0.691. The molecule has 2 aliphatic heterocycles. The number of nitrogens with zero attached hydrogens (tertiary/aromatic N) is 2. The summed E-state index contributed by atoms with van der Waals surface area (Å²) < 4.78 is 0. The van der Waals surface area contributed by atoms with Gasteiger partial charge in [-0.1, -0.05) is 6.92 Å². The first-order valence-electron chi connectivity index (χ1n) is 5.99. The van der Waals surface area contributed by atoms with Crippen molar-refractivity contribution in [3.8, 4) is 0 Å². The van der Waals surface area contributed by atoms with Crippen LogP contribution in [0.5, 0.6) is 0 Å². The normalized spacial score (nSPS) is 52.5. The van der Waals surface area contributed by atoms with E-state index in [1.807, 2.05) is 0 Å². The van der Waals surface area contributed by atoms with E-state index in [1.54, 1.807) is 0 Å². The number of hydrogen-bond acceptors (Lipinski definition) is 2. The van der Waals surface area contributed by atoms with Crippen LogP contribution in [0.15, 0.2) is 0 Å². The van der Waals surface area contributed by atoms with E-state index in [0.29, 0.717) is 5.41 Å². The van der Waals surface area contributed by atoms with Crippen molar-refractivity contribution in [1.29, 1.82) is 0 Å². The Kier molecular flexibility index (Phi) is 1.66. The van der Waals surface area contributed by atoms with Gasteiger partial charge in [0.15, 0.2) is 0 Å². The van der Waals surface area contributed by atoms with E-state index in [0.717, 1.165) is 23.9 Å². The van der Waals surface area contributed by atoms with Gasteiger partial charge in [0, 0.05) is 31.7 Å². The van der Waals surface area contributed by atoms with Gasteiger partial charge in [-0.25, -0.2) is 0 Å². The number of piperidine rings is 2. The molecule has 0 radical (unpaired) electrons. The number of likely N-dealkylation sites (tertiary alicyclic amines) is 2. The first kappa shape index (κ1) is 9.17. The molecule has 3 fully saturated rings. The van der Waals surface area contributed by atoms with Crippen molar-refractivity contribution in [2.75, 3.05) is 26.7 Å². The predicted octanol–water partition coefficient (Wildman–Crippen LogP) is 1.28. The number of fused-ring (bicyclic) bond motifs is 1. The maximum absolute atomic E-state index is 2.75. The summed E-state index contributed by atoms with van der Waals surface area (Å²) in [6.45, 7) is 11.2. The highest BCUT2D eigenvalue weighted by Gasteiger charge is 2.73. The van der Waals surface area contributed by atoms with Gasteiger partial charge < -0.3 is 4.90 Å². The molecule has 0 aromatic heterocycles. The highest BCUT2D eigenvalue weighted by molar-refractivity contribution is 5.24. The summed E-state index contributed by atoms with van der Waals surface area (Å²) in [5, 5.41) is 0. The lowest BCUT2D eigenvalue weighted by Crippen LogP contribution is -2.44. The average Bonchev–Trinajstić information content (AvgIpc) is 2.49. The van der Waals surface area contributed by atoms with Crippen molar-refractivity contribution in [3.63, 3.8) is 0 Å². The standard InChI is InChI=1S/C12H22N2/c1-8(2)14-6-9-5-13(4)7-10-11(14)12(9,10)3/h8-11H,5-7H2,1-4H3. The molecule has 2 heterocycles. The van der Waals surface area contributed by atoms with Crippen molar-refractivity contribution in [2.45, 2.75) is 32.9 Å². The Morgan fingerprint density at radius 1 is 1.21 bits per heavy atom. The highest BCUT2D eigenvalue weighted by atomic mass is 15.3. The molecule has 0 aromatic rings. The van der Waals surface area contributed by atoms with E-state index < -0.39 is 0 Å². The first-order chi connectivity index (χ1) is 6.55. The van der Waals surface area contributed by atoms with Gasteiger partial charge >= 0.3 is 0 Å². The van der Waals surface area contributed by atoms with E-state index in [9.17, 15) is 0 Å². The minimum absolute atomic E-state index is 0.691. The van der Waals surface area contributed by atoms with Crippen molar-refractivity contribution in [2.24, 2.45) is 17.3 Å². The highest BCUT2D eigenvalue weighted by Crippen LogP contribution is 2.67. The number of hydrogen-bond donors (Lipinski definition) is 0. The van der Waals surface area contributed by atoms with Gasteiger partial charge in [0.2, 0.25) is 0 Å². The second-order valence-corrected chi connectivity index (χ2v) is 6.13. The Balaban J connectivity index is 1.86. The van der Waals surface area contributed by atoms with Crippen molar-refractivity contribution < 1.29 is 0 Å². The van der Waals surface area contributed by atoms with E-state index >= 15 is 0 Å². The Hall–Kier alpha value is -0.0800. The average molecular weight is 194 g/mol. The molecule has 0 spiro atoms. The quantitative estimate of drug-likeness (QED) is 0.620. The topological polar surface area (TPSA) is 6.48 Å². The van der Waals surface area contributed by atoms with Crippen molar-refractivity contribution in [1.82, 2.24) is 9.80 Å². The monoisotopic (exact) mass is 194 g/mol. The molecule has 1 saturated carbocycles. The van der Waals surface area contributed by atoms with Gasteiger partial charge in [0.1, 0.15) is 0 Å². The van der Waals surface area contributed by atoms with Gasteiger partial charge in [-0.05, 0) is 38.1 Å². The predicted molar refractivity (Wildman–Crippen MR) is 58.2 cm³/mol. The maximum Gasteiger partial charge on any atom is 0.0206 e. The molecule has 4 unspecified atom stereocenters. The summed E-state index contributed by atoms with van der Waals surface area (Å²) in [5.74, 6) is 1.92. The molecule has 2 nitrogen and oxygen atoms in total. The summed E-state index contributed by atoms with van der Waals surface area (Å²) in [6.07, 6.45) is 0. The fourth-order valence-corrected chi connectivity index (χ4v) is 4.17. The van der Waals surface area contributed by atoms with Gasteiger partial charge in [-0.15, -0.1) is 0 Å². The molecule has 0 N–H and O–H groups in total. The zero-order chi connectivity index (χ0) is 10.1. The van der Waals surface area contributed by atoms with Crippen LogP contribution in [0.1, 0.15) is 20.8 Å². The van der Waals surface area contributed by atoms with Gasteiger partial charge in [-0.2, -0.15) is 0 Å². The molecular formula is C12H22N2. The third-order valence-corrected chi connectivity index (χ3v) is 5.08. The maximum atomic E-state index is 2.75. The van der Waals surface area contributed by atoms with Crippen molar-refractivity contribution >= 4 is 0 Å². The van der Waals surface area contributed by atoms with E-state index in [-0.39, 0.29) is 0 Å². The molecular weight excluding hydrogens is 172 g/mol. The Morgan fingerprint density at radius 2 is 1.93 bits per heavy atom. The Morgan fingerprint density at radius 3 is 2.50 bits per heavy atom. The van der Waals surface area contributed by atoms with E-state index in [2.05, 4.69) is 37.6 Å². The first-order valence-corrected chi connectivity index (χ1v) is 5.99. The van der Waals surface area contributed by atoms with Crippen LogP contribution in [0.3, 0.4) is 0 Å². The summed E-state index contributed by atoms with van der Waals surface area (Å²) >= 11 is 0. The molecule has 2 heteroatoms.